The fourth-order valence-electron chi connectivity index (χ4n) is 3.21. The number of aromatic nitrogens is 5. The quantitative estimate of drug-likeness (QED) is 0.477. The Morgan fingerprint density at radius 2 is 1.70 bits per heavy atom. The summed E-state index contributed by atoms with van der Waals surface area (Å²) in [4.78, 5) is 24.3. The van der Waals surface area contributed by atoms with E-state index in [0.717, 1.165) is 34.5 Å². The molecule has 10 heteroatoms. The Hall–Kier alpha value is -4.08. The van der Waals surface area contributed by atoms with E-state index in [1.807, 2.05) is 25.4 Å². The summed E-state index contributed by atoms with van der Waals surface area (Å²) in [6.45, 7) is 0. The van der Waals surface area contributed by atoms with Crippen LogP contribution in [0.1, 0.15) is 22.6 Å². The lowest BCUT2D eigenvalue weighted by atomic mass is 10.0. The van der Waals surface area contributed by atoms with Crippen LogP contribution < -0.4 is 5.32 Å². The van der Waals surface area contributed by atoms with Crippen LogP contribution in [0.2, 0.25) is 0 Å². The molecule has 7 nitrogen and oxygen atoms in total. The van der Waals surface area contributed by atoms with Crippen LogP contribution in [-0.2, 0) is 30.9 Å². The van der Waals surface area contributed by atoms with Gasteiger partial charge in [0.15, 0.2) is 0 Å². The van der Waals surface area contributed by atoms with Crippen LogP contribution in [0.15, 0.2) is 67.4 Å². The van der Waals surface area contributed by atoms with Gasteiger partial charge in [0.25, 0.3) is 0 Å². The van der Waals surface area contributed by atoms with Crippen molar-refractivity contribution >= 4 is 11.6 Å². The summed E-state index contributed by atoms with van der Waals surface area (Å²) in [5.41, 5.74) is 2.44. The second kappa shape index (κ2) is 9.19. The Morgan fingerprint density at radius 3 is 2.33 bits per heavy atom. The van der Waals surface area contributed by atoms with Gasteiger partial charge in [-0.05, 0) is 28.8 Å². The molecule has 0 saturated heterocycles. The first kappa shape index (κ1) is 22.1. The zero-order valence-corrected chi connectivity index (χ0v) is 17.5. The van der Waals surface area contributed by atoms with Crippen molar-refractivity contribution in [1.29, 1.82) is 0 Å². The van der Waals surface area contributed by atoms with Crippen LogP contribution >= 0.6 is 0 Å². The lowest BCUT2D eigenvalue weighted by Crippen LogP contribution is -2.15. The summed E-state index contributed by atoms with van der Waals surface area (Å²) in [6.07, 6.45) is 4.21. The van der Waals surface area contributed by atoms with Gasteiger partial charge in [-0.25, -0.2) is 9.97 Å². The fourth-order valence-corrected chi connectivity index (χ4v) is 3.21. The number of pyridine rings is 1. The highest BCUT2D eigenvalue weighted by Gasteiger charge is 2.32. The van der Waals surface area contributed by atoms with Gasteiger partial charge in [0.1, 0.15) is 11.5 Å². The van der Waals surface area contributed by atoms with Crippen molar-refractivity contribution in [2.75, 3.05) is 5.32 Å². The molecule has 0 bridgehead atoms. The maximum absolute atomic E-state index is 12.8. The molecule has 0 aliphatic heterocycles. The van der Waals surface area contributed by atoms with E-state index in [1.54, 1.807) is 35.4 Å². The van der Waals surface area contributed by atoms with E-state index >= 15 is 0 Å². The molecule has 0 atom stereocenters. The third kappa shape index (κ3) is 5.79. The summed E-state index contributed by atoms with van der Waals surface area (Å²) in [6, 6.07) is 9.37. The van der Waals surface area contributed by atoms with Crippen molar-refractivity contribution < 1.29 is 18.0 Å². The van der Waals surface area contributed by atoms with E-state index in [-0.39, 0.29) is 12.1 Å². The number of amides is 1. The molecule has 0 fully saturated rings. The number of aryl methyl sites for hydroxylation is 1. The van der Waals surface area contributed by atoms with E-state index in [4.69, 9.17) is 0 Å². The molecule has 3 heterocycles. The van der Waals surface area contributed by atoms with E-state index < -0.39 is 17.8 Å². The van der Waals surface area contributed by atoms with Crippen molar-refractivity contribution in [2.24, 2.45) is 7.05 Å². The van der Waals surface area contributed by atoms with E-state index in [2.05, 4.69) is 25.4 Å². The molecule has 0 saturated carbocycles. The molecule has 0 spiro atoms. The minimum Gasteiger partial charge on any atom is -0.326 e. The lowest BCUT2D eigenvalue weighted by molar-refractivity contribution is -0.141. The van der Waals surface area contributed by atoms with Crippen LogP contribution in [-0.4, -0.2) is 30.6 Å². The average Bonchev–Trinajstić information content (AvgIpc) is 3.19. The average molecular weight is 452 g/mol. The third-order valence-electron chi connectivity index (χ3n) is 4.81. The standard InChI is InChI=1S/C23H19F3N6O/c1-32-14-16(11-30-32)8-21-28-12-18(13-29-21)17-4-2-15(3-5-17)9-22(33)31-19-6-7-27-20(10-19)23(24,25)26/h2-7,10-14H,8-9H2,1H3,(H,27,31,33). The van der Waals surface area contributed by atoms with Crippen molar-refractivity contribution in [2.45, 2.75) is 19.0 Å². The van der Waals surface area contributed by atoms with Crippen LogP contribution in [0, 0.1) is 0 Å². The summed E-state index contributed by atoms with van der Waals surface area (Å²) in [5.74, 6) is 0.259. The maximum Gasteiger partial charge on any atom is 0.433 e. The Balaban J connectivity index is 1.36. The lowest BCUT2D eigenvalue weighted by Gasteiger charge is -2.09. The molecule has 33 heavy (non-hydrogen) atoms. The van der Waals surface area contributed by atoms with Crippen molar-refractivity contribution in [3.8, 4) is 11.1 Å². The Labute approximate surface area is 187 Å². The Bertz CT molecular complexity index is 1250. The topological polar surface area (TPSA) is 85.6 Å². The Morgan fingerprint density at radius 1 is 0.970 bits per heavy atom. The fraction of sp³-hybridized carbons (Fsp3) is 0.174. The Kier molecular flexibility index (Phi) is 6.16. The number of halogens is 3. The summed E-state index contributed by atoms with van der Waals surface area (Å²) >= 11 is 0. The van der Waals surface area contributed by atoms with Crippen molar-refractivity contribution in [1.82, 2.24) is 24.7 Å². The van der Waals surface area contributed by atoms with E-state index in [9.17, 15) is 18.0 Å². The molecule has 1 amide bonds. The molecular weight excluding hydrogens is 433 g/mol. The SMILES string of the molecule is Cn1cc(Cc2ncc(-c3ccc(CC(=O)Nc4ccnc(C(F)(F)F)c4)cc3)cn2)cn1. The van der Waals surface area contributed by atoms with Crippen LogP contribution in [0.5, 0.6) is 0 Å². The smallest absolute Gasteiger partial charge is 0.326 e. The highest BCUT2D eigenvalue weighted by Crippen LogP contribution is 2.28. The van der Waals surface area contributed by atoms with Crippen molar-refractivity contribution in [3.05, 3.63) is 90.0 Å². The van der Waals surface area contributed by atoms with Gasteiger partial charge in [0.05, 0.1) is 12.6 Å². The molecule has 0 unspecified atom stereocenters. The second-order valence-corrected chi connectivity index (χ2v) is 7.44. The third-order valence-corrected chi connectivity index (χ3v) is 4.81. The zero-order chi connectivity index (χ0) is 23.4. The van der Waals surface area contributed by atoms with Gasteiger partial charge in [0.2, 0.25) is 5.91 Å². The zero-order valence-electron chi connectivity index (χ0n) is 17.5. The van der Waals surface area contributed by atoms with Crippen LogP contribution in [0.25, 0.3) is 11.1 Å². The molecule has 1 aromatic carbocycles. The minimum atomic E-state index is -4.57. The number of nitrogens with one attached hydrogen (secondary N) is 1. The first-order valence-electron chi connectivity index (χ1n) is 9.97. The van der Waals surface area contributed by atoms with Crippen molar-refractivity contribution in [3.63, 3.8) is 0 Å². The number of alkyl halides is 3. The van der Waals surface area contributed by atoms with E-state index in [1.165, 1.54) is 6.07 Å². The van der Waals surface area contributed by atoms with E-state index in [0.29, 0.717) is 12.2 Å². The first-order valence-corrected chi connectivity index (χ1v) is 9.97. The number of rotatable bonds is 6. The molecule has 4 aromatic rings. The predicted molar refractivity (Wildman–Crippen MR) is 115 cm³/mol. The number of anilines is 1. The van der Waals surface area contributed by atoms with Gasteiger partial charge in [0, 0.05) is 49.5 Å². The normalized spacial score (nSPS) is 11.4. The van der Waals surface area contributed by atoms with Gasteiger partial charge in [-0.15, -0.1) is 0 Å². The molecule has 168 valence electrons. The molecular formula is C23H19F3N6O. The summed E-state index contributed by atoms with van der Waals surface area (Å²) in [5, 5.41) is 6.60. The molecule has 1 N–H and O–H groups in total. The number of carbonyl (C=O) groups excluding carboxylic acids is 1. The van der Waals surface area contributed by atoms with Gasteiger partial charge < -0.3 is 5.32 Å². The molecule has 4 rings (SSSR count). The molecule has 3 aromatic heterocycles. The van der Waals surface area contributed by atoms with Crippen LogP contribution in [0.4, 0.5) is 18.9 Å². The van der Waals surface area contributed by atoms with Gasteiger partial charge >= 0.3 is 6.18 Å². The number of hydrogen-bond acceptors (Lipinski definition) is 5. The van der Waals surface area contributed by atoms with Crippen LogP contribution in [0.3, 0.4) is 0 Å². The summed E-state index contributed by atoms with van der Waals surface area (Å²) < 4.78 is 40.0. The largest absolute Gasteiger partial charge is 0.433 e. The number of benzene rings is 1. The number of hydrogen-bond donors (Lipinski definition) is 1. The monoisotopic (exact) mass is 452 g/mol. The maximum atomic E-state index is 12.8. The molecule has 0 aliphatic rings. The highest BCUT2D eigenvalue weighted by molar-refractivity contribution is 5.92. The number of nitrogens with zero attached hydrogens (tertiary/aromatic N) is 5. The highest BCUT2D eigenvalue weighted by atomic mass is 19.4. The molecule has 0 aliphatic carbocycles. The first-order chi connectivity index (χ1) is 15.8. The number of carbonyl (C=O) groups is 1. The van der Waals surface area contributed by atoms with Gasteiger partial charge in [-0.2, -0.15) is 18.3 Å². The molecule has 0 radical (unpaired) electrons. The minimum absolute atomic E-state index is 0.0184. The van der Waals surface area contributed by atoms with Gasteiger partial charge in [-0.3, -0.25) is 14.5 Å². The summed E-state index contributed by atoms with van der Waals surface area (Å²) in [7, 11) is 1.85. The second-order valence-electron chi connectivity index (χ2n) is 7.44. The predicted octanol–water partition coefficient (Wildman–Crippen LogP) is 4.06. The van der Waals surface area contributed by atoms with Gasteiger partial charge in [-0.1, -0.05) is 24.3 Å².